The predicted octanol–water partition coefficient (Wildman–Crippen LogP) is 2.14. The summed E-state index contributed by atoms with van der Waals surface area (Å²) in [6, 6.07) is 9.32. The molecule has 2 aromatic heterocycles. The summed E-state index contributed by atoms with van der Waals surface area (Å²) >= 11 is 1.18. The molecule has 7 nitrogen and oxygen atoms in total. The minimum absolute atomic E-state index is 0.115. The minimum atomic E-state index is -3.74. The molecule has 1 aromatic carbocycles. The van der Waals surface area contributed by atoms with Crippen LogP contribution in [-0.2, 0) is 10.0 Å². The first-order valence-electron chi connectivity index (χ1n) is 6.40. The fourth-order valence-corrected chi connectivity index (χ4v) is 3.92. The number of anilines is 1. The van der Waals surface area contributed by atoms with Crippen LogP contribution >= 0.6 is 11.3 Å². The monoisotopic (exact) mass is 335 g/mol. The van der Waals surface area contributed by atoms with Crippen molar-refractivity contribution in [1.82, 2.24) is 20.0 Å². The maximum atomic E-state index is 12.5. The standard InChI is InChI=1S/C13H13N5O2S2/c1-9-12(8-18(16-9)11-6-4-3-5-7-11)22(19,20)17-13-15-14-10(2)21-13/h3-8H,1-2H3,(H,15,17). The summed E-state index contributed by atoms with van der Waals surface area (Å²) in [5.41, 5.74) is 1.21. The number of hydrogen-bond donors (Lipinski definition) is 1. The Morgan fingerprint density at radius 1 is 1.14 bits per heavy atom. The lowest BCUT2D eigenvalue weighted by molar-refractivity contribution is 0.600. The molecule has 0 aliphatic carbocycles. The zero-order chi connectivity index (χ0) is 15.7. The largest absolute Gasteiger partial charge is 0.267 e. The van der Waals surface area contributed by atoms with Gasteiger partial charge in [-0.05, 0) is 26.0 Å². The Hall–Kier alpha value is -2.26. The van der Waals surface area contributed by atoms with Crippen molar-refractivity contribution in [3.63, 3.8) is 0 Å². The smallest absolute Gasteiger partial charge is 0.253 e. The van der Waals surface area contributed by atoms with Gasteiger partial charge in [0.15, 0.2) is 0 Å². The van der Waals surface area contributed by atoms with E-state index in [1.54, 1.807) is 13.8 Å². The molecule has 1 N–H and O–H groups in total. The highest BCUT2D eigenvalue weighted by atomic mass is 32.2. The summed E-state index contributed by atoms with van der Waals surface area (Å²) in [5, 5.41) is 12.8. The summed E-state index contributed by atoms with van der Waals surface area (Å²) in [6.45, 7) is 3.41. The summed E-state index contributed by atoms with van der Waals surface area (Å²) in [4.78, 5) is 0.115. The summed E-state index contributed by atoms with van der Waals surface area (Å²) in [7, 11) is -3.74. The van der Waals surface area contributed by atoms with Gasteiger partial charge in [0.05, 0.1) is 17.6 Å². The number of para-hydroxylation sites is 1. The molecule has 0 radical (unpaired) electrons. The van der Waals surface area contributed by atoms with Gasteiger partial charge in [0.25, 0.3) is 10.0 Å². The Labute approximate surface area is 131 Å². The van der Waals surface area contributed by atoms with E-state index in [0.29, 0.717) is 10.7 Å². The molecule has 0 spiro atoms. The van der Waals surface area contributed by atoms with Gasteiger partial charge in [-0.25, -0.2) is 13.1 Å². The van der Waals surface area contributed by atoms with Crippen molar-refractivity contribution in [2.75, 3.05) is 4.72 Å². The van der Waals surface area contributed by atoms with E-state index in [4.69, 9.17) is 0 Å². The molecule has 0 saturated heterocycles. The van der Waals surface area contributed by atoms with Crippen molar-refractivity contribution in [3.05, 3.63) is 47.2 Å². The molecule has 22 heavy (non-hydrogen) atoms. The van der Waals surface area contributed by atoms with Crippen LogP contribution in [0.1, 0.15) is 10.7 Å². The number of benzene rings is 1. The van der Waals surface area contributed by atoms with E-state index < -0.39 is 10.0 Å². The third-order valence-corrected chi connectivity index (χ3v) is 5.24. The van der Waals surface area contributed by atoms with Crippen LogP contribution in [0.4, 0.5) is 5.13 Å². The average Bonchev–Trinajstić information content (AvgIpc) is 3.06. The average molecular weight is 335 g/mol. The number of nitrogens with one attached hydrogen (secondary N) is 1. The highest BCUT2D eigenvalue weighted by Gasteiger charge is 2.22. The van der Waals surface area contributed by atoms with Crippen LogP contribution in [-0.4, -0.2) is 28.4 Å². The van der Waals surface area contributed by atoms with Gasteiger partial charge < -0.3 is 0 Å². The van der Waals surface area contributed by atoms with Gasteiger partial charge in [0.1, 0.15) is 9.90 Å². The van der Waals surface area contributed by atoms with E-state index in [9.17, 15) is 8.42 Å². The molecule has 0 saturated carbocycles. The first kappa shape index (κ1) is 14.7. The van der Waals surface area contributed by atoms with Gasteiger partial charge in [0.2, 0.25) is 5.13 Å². The minimum Gasteiger partial charge on any atom is -0.253 e. The van der Waals surface area contributed by atoms with Crippen LogP contribution in [0, 0.1) is 13.8 Å². The molecule has 3 rings (SSSR count). The Kier molecular flexibility index (Phi) is 3.67. The SMILES string of the molecule is Cc1nnc(NS(=O)(=O)c2cn(-c3ccccc3)nc2C)s1. The second-order valence-corrected chi connectivity index (χ2v) is 7.42. The molecule has 114 valence electrons. The zero-order valence-electron chi connectivity index (χ0n) is 11.9. The third kappa shape index (κ3) is 2.85. The van der Waals surface area contributed by atoms with Crippen molar-refractivity contribution in [3.8, 4) is 5.69 Å². The molecule has 0 aliphatic rings. The van der Waals surface area contributed by atoms with Crippen molar-refractivity contribution < 1.29 is 8.42 Å². The van der Waals surface area contributed by atoms with Crippen molar-refractivity contribution in [1.29, 1.82) is 0 Å². The lowest BCUT2D eigenvalue weighted by Gasteiger charge is -2.02. The summed E-state index contributed by atoms with van der Waals surface area (Å²) < 4.78 is 28.9. The molecule has 3 aromatic rings. The van der Waals surface area contributed by atoms with Crippen LogP contribution in [0.15, 0.2) is 41.4 Å². The predicted molar refractivity (Wildman–Crippen MR) is 83.8 cm³/mol. The van der Waals surface area contributed by atoms with E-state index in [1.807, 2.05) is 30.3 Å². The zero-order valence-corrected chi connectivity index (χ0v) is 13.5. The summed E-state index contributed by atoms with van der Waals surface area (Å²) in [6.07, 6.45) is 1.49. The molecule has 0 bridgehead atoms. The number of rotatable bonds is 4. The Morgan fingerprint density at radius 2 is 1.86 bits per heavy atom. The van der Waals surface area contributed by atoms with Crippen LogP contribution < -0.4 is 4.72 Å². The maximum absolute atomic E-state index is 12.5. The van der Waals surface area contributed by atoms with Crippen LogP contribution in [0.2, 0.25) is 0 Å². The van der Waals surface area contributed by atoms with E-state index in [2.05, 4.69) is 20.0 Å². The van der Waals surface area contributed by atoms with E-state index in [0.717, 1.165) is 5.69 Å². The number of aromatic nitrogens is 4. The lowest BCUT2D eigenvalue weighted by Crippen LogP contribution is -2.13. The number of nitrogens with zero attached hydrogens (tertiary/aromatic N) is 4. The van der Waals surface area contributed by atoms with Crippen LogP contribution in [0.3, 0.4) is 0 Å². The molecule has 0 atom stereocenters. The second kappa shape index (κ2) is 5.50. The van der Waals surface area contributed by atoms with E-state index in [-0.39, 0.29) is 10.0 Å². The molecule has 9 heteroatoms. The van der Waals surface area contributed by atoms with Gasteiger partial charge in [-0.2, -0.15) is 5.10 Å². The third-order valence-electron chi connectivity index (χ3n) is 2.91. The first-order valence-corrected chi connectivity index (χ1v) is 8.70. The van der Waals surface area contributed by atoms with Gasteiger partial charge in [-0.3, -0.25) is 4.72 Å². The van der Waals surface area contributed by atoms with Crippen molar-refractivity contribution in [2.24, 2.45) is 0 Å². The fraction of sp³-hybridized carbons (Fsp3) is 0.154. The number of sulfonamides is 1. The Balaban J connectivity index is 1.96. The fourth-order valence-electron chi connectivity index (χ4n) is 1.93. The molecular weight excluding hydrogens is 322 g/mol. The Bertz CT molecular complexity index is 900. The molecule has 0 fully saturated rings. The molecule has 2 heterocycles. The van der Waals surface area contributed by atoms with E-state index in [1.165, 1.54) is 22.2 Å². The maximum Gasteiger partial charge on any atom is 0.267 e. The molecular formula is C13H13N5O2S2. The second-order valence-electron chi connectivity index (χ2n) is 4.59. The topological polar surface area (TPSA) is 89.8 Å². The van der Waals surface area contributed by atoms with Crippen LogP contribution in [0.5, 0.6) is 0 Å². The first-order chi connectivity index (χ1) is 10.5. The highest BCUT2D eigenvalue weighted by Crippen LogP contribution is 2.22. The lowest BCUT2D eigenvalue weighted by atomic mass is 10.3. The van der Waals surface area contributed by atoms with E-state index >= 15 is 0 Å². The molecule has 0 amide bonds. The number of aryl methyl sites for hydroxylation is 2. The highest BCUT2D eigenvalue weighted by molar-refractivity contribution is 7.93. The van der Waals surface area contributed by atoms with Gasteiger partial charge in [-0.15, -0.1) is 10.2 Å². The van der Waals surface area contributed by atoms with Gasteiger partial charge in [0, 0.05) is 0 Å². The Morgan fingerprint density at radius 3 is 2.50 bits per heavy atom. The quantitative estimate of drug-likeness (QED) is 0.789. The summed E-state index contributed by atoms with van der Waals surface area (Å²) in [5.74, 6) is 0. The number of hydrogen-bond acceptors (Lipinski definition) is 6. The van der Waals surface area contributed by atoms with Gasteiger partial charge >= 0.3 is 0 Å². The van der Waals surface area contributed by atoms with Crippen molar-refractivity contribution >= 4 is 26.5 Å². The molecule has 0 aliphatic heterocycles. The normalized spacial score (nSPS) is 11.5. The molecule has 0 unspecified atom stereocenters. The van der Waals surface area contributed by atoms with Crippen LogP contribution in [0.25, 0.3) is 5.69 Å². The van der Waals surface area contributed by atoms with Gasteiger partial charge in [-0.1, -0.05) is 29.5 Å². The van der Waals surface area contributed by atoms with Crippen molar-refractivity contribution in [2.45, 2.75) is 18.7 Å².